The van der Waals surface area contributed by atoms with Gasteiger partial charge < -0.3 is 0 Å². The quantitative estimate of drug-likeness (QED) is 0.129. The van der Waals surface area contributed by atoms with Gasteiger partial charge in [0, 0.05) is 0 Å². The third-order valence-electron chi connectivity index (χ3n) is 11.7. The molecule has 52 heavy (non-hydrogen) atoms. The Kier molecular flexibility index (Phi) is 5.59. The molecule has 238 valence electrons. The molecule has 0 nitrogen and oxygen atoms in total. The lowest BCUT2D eigenvalue weighted by atomic mass is 9.86. The summed E-state index contributed by atoms with van der Waals surface area (Å²) in [5, 5.41) is 23.4. The molecule has 0 amide bonds. The molecule has 12 aromatic rings. The maximum Gasteiger partial charge on any atom is -0.00199 e. The fourth-order valence-electron chi connectivity index (χ4n) is 9.41. The summed E-state index contributed by atoms with van der Waals surface area (Å²) >= 11 is 0. The third kappa shape index (κ3) is 3.81. The first kappa shape index (κ1) is 28.0. The smallest absolute Gasteiger partial charge is 0.00199 e. The van der Waals surface area contributed by atoms with E-state index in [-0.39, 0.29) is 0 Å². The Balaban J connectivity index is 1.14. The zero-order valence-electron chi connectivity index (χ0n) is 28.3. The lowest BCUT2D eigenvalue weighted by molar-refractivity contribution is 1.64. The zero-order valence-corrected chi connectivity index (χ0v) is 28.3. The zero-order chi connectivity index (χ0) is 33.9. The molecule has 0 N–H and O–H groups in total. The van der Waals surface area contributed by atoms with Gasteiger partial charge >= 0.3 is 0 Å². The van der Waals surface area contributed by atoms with E-state index in [1.807, 2.05) is 0 Å². The van der Waals surface area contributed by atoms with Crippen molar-refractivity contribution in [1.82, 2.24) is 0 Å². The van der Waals surface area contributed by atoms with Gasteiger partial charge in [0.15, 0.2) is 0 Å². The van der Waals surface area contributed by atoms with Crippen LogP contribution in [0.4, 0.5) is 0 Å². The fraction of sp³-hybridized carbons (Fsp3) is 0. The average molecular weight is 655 g/mol. The van der Waals surface area contributed by atoms with Gasteiger partial charge in [-0.25, -0.2) is 0 Å². The molecule has 0 saturated carbocycles. The predicted molar refractivity (Wildman–Crippen MR) is 226 cm³/mol. The van der Waals surface area contributed by atoms with Crippen LogP contribution in [0.5, 0.6) is 0 Å². The summed E-state index contributed by atoms with van der Waals surface area (Å²) in [5.41, 5.74) is 4.99. The first-order valence-electron chi connectivity index (χ1n) is 18.2. The standard InChI is InChI=1S/C52H30/c1-3-13-40-32(8-1)26-27-45-46(40)29-37-9-2-4-14-41(37)48(45)36-20-18-31(19-21-36)39-28-38-25-24-35-11-6-16-43-42-15-5-10-33-22-23-34-12-7-17-44(51(34)49(33)42)47(30-39)52(38)50(35)43/h1-30H. The summed E-state index contributed by atoms with van der Waals surface area (Å²) in [5.74, 6) is 0. The lowest BCUT2D eigenvalue weighted by Gasteiger charge is -2.17. The number of hydrogen-bond donors (Lipinski definition) is 0. The maximum absolute atomic E-state index is 2.45. The van der Waals surface area contributed by atoms with Crippen LogP contribution in [0, 0.1) is 0 Å². The van der Waals surface area contributed by atoms with Gasteiger partial charge in [-0.2, -0.15) is 0 Å². The van der Waals surface area contributed by atoms with Crippen molar-refractivity contribution in [1.29, 1.82) is 0 Å². The van der Waals surface area contributed by atoms with Crippen molar-refractivity contribution in [2.45, 2.75) is 0 Å². The summed E-state index contributed by atoms with van der Waals surface area (Å²) < 4.78 is 0. The van der Waals surface area contributed by atoms with Gasteiger partial charge in [0.1, 0.15) is 0 Å². The Morgan fingerprint density at radius 2 is 0.673 bits per heavy atom. The first-order valence-corrected chi connectivity index (χ1v) is 18.2. The summed E-state index contributed by atoms with van der Waals surface area (Å²) in [6.45, 7) is 0. The highest BCUT2D eigenvalue weighted by Gasteiger charge is 2.17. The van der Waals surface area contributed by atoms with Gasteiger partial charge in [0.25, 0.3) is 0 Å². The summed E-state index contributed by atoms with van der Waals surface area (Å²) in [6, 6.07) is 68.3. The Morgan fingerprint density at radius 1 is 0.192 bits per heavy atom. The van der Waals surface area contributed by atoms with E-state index in [2.05, 4.69) is 182 Å². The van der Waals surface area contributed by atoms with Crippen LogP contribution in [0.1, 0.15) is 0 Å². The molecule has 0 heteroatoms. The van der Waals surface area contributed by atoms with E-state index in [0.29, 0.717) is 0 Å². The summed E-state index contributed by atoms with van der Waals surface area (Å²) in [7, 11) is 0. The van der Waals surface area contributed by atoms with E-state index in [0.717, 1.165) is 0 Å². The average Bonchev–Trinajstić information content (AvgIpc) is 3.21. The summed E-state index contributed by atoms with van der Waals surface area (Å²) in [6.07, 6.45) is 0. The van der Waals surface area contributed by atoms with Crippen LogP contribution >= 0.6 is 0 Å². The Hall–Kier alpha value is -6.76. The van der Waals surface area contributed by atoms with Crippen LogP contribution in [0.3, 0.4) is 0 Å². The Morgan fingerprint density at radius 3 is 1.35 bits per heavy atom. The SMILES string of the molecule is c1ccc2c(-c3ccc(-c4cc5ccc6cccc7c8cccc9ccc%10cccc(c(c4)c5c67)c%10c98)cc3)c3ccc4ccccc4c3cc2c1. The van der Waals surface area contributed by atoms with Crippen LogP contribution < -0.4 is 0 Å². The van der Waals surface area contributed by atoms with E-state index in [4.69, 9.17) is 0 Å². The van der Waals surface area contributed by atoms with Crippen LogP contribution in [-0.4, -0.2) is 0 Å². The molecule has 12 rings (SSSR count). The minimum Gasteiger partial charge on any atom is -0.0616 e. The van der Waals surface area contributed by atoms with Crippen LogP contribution in [0.2, 0.25) is 0 Å². The second-order valence-corrected chi connectivity index (χ2v) is 14.4. The molecule has 0 bridgehead atoms. The molecule has 0 aliphatic rings. The van der Waals surface area contributed by atoms with Crippen LogP contribution in [0.25, 0.3) is 119 Å². The minimum absolute atomic E-state index is 1.22. The highest BCUT2D eigenvalue weighted by Crippen LogP contribution is 2.45. The van der Waals surface area contributed by atoms with Crippen LogP contribution in [-0.2, 0) is 0 Å². The highest BCUT2D eigenvalue weighted by molar-refractivity contribution is 6.37. The van der Waals surface area contributed by atoms with Crippen molar-refractivity contribution in [2.24, 2.45) is 0 Å². The minimum atomic E-state index is 1.22. The lowest BCUT2D eigenvalue weighted by Crippen LogP contribution is -1.90. The molecule has 0 spiro atoms. The molecule has 0 radical (unpaired) electrons. The largest absolute Gasteiger partial charge is 0.0616 e. The van der Waals surface area contributed by atoms with E-state index in [1.54, 1.807) is 0 Å². The van der Waals surface area contributed by atoms with Gasteiger partial charge in [-0.3, -0.25) is 0 Å². The van der Waals surface area contributed by atoms with E-state index in [9.17, 15) is 0 Å². The number of fused-ring (bicyclic) bond motifs is 6. The number of benzene rings is 11. The molecule has 0 fully saturated rings. The Labute approximate surface area is 300 Å². The molecule has 0 unspecified atom stereocenters. The van der Waals surface area contributed by atoms with Gasteiger partial charge in [0.2, 0.25) is 0 Å². The molecular weight excluding hydrogens is 625 g/mol. The second-order valence-electron chi connectivity index (χ2n) is 14.4. The third-order valence-corrected chi connectivity index (χ3v) is 11.7. The highest BCUT2D eigenvalue weighted by atomic mass is 14.2. The number of rotatable bonds is 2. The molecule has 0 atom stereocenters. The van der Waals surface area contributed by atoms with Gasteiger partial charge in [0.05, 0.1) is 0 Å². The topological polar surface area (TPSA) is 0 Å². The molecule has 0 aromatic heterocycles. The van der Waals surface area contributed by atoms with Gasteiger partial charge in [-0.05, 0) is 137 Å². The van der Waals surface area contributed by atoms with Crippen molar-refractivity contribution in [3.63, 3.8) is 0 Å². The maximum atomic E-state index is 2.45. The van der Waals surface area contributed by atoms with Gasteiger partial charge in [-0.15, -0.1) is 0 Å². The van der Waals surface area contributed by atoms with Gasteiger partial charge in [-0.1, -0.05) is 164 Å². The van der Waals surface area contributed by atoms with Crippen molar-refractivity contribution in [2.75, 3.05) is 0 Å². The van der Waals surface area contributed by atoms with Crippen molar-refractivity contribution >= 4 is 97.0 Å². The first-order chi connectivity index (χ1) is 25.8. The molecule has 0 aliphatic heterocycles. The molecular formula is C52H30. The second kappa shape index (κ2) is 10.4. The van der Waals surface area contributed by atoms with Crippen molar-refractivity contribution < 1.29 is 0 Å². The number of hydrogen-bond acceptors (Lipinski definition) is 0. The van der Waals surface area contributed by atoms with E-state index >= 15 is 0 Å². The molecule has 0 saturated heterocycles. The molecule has 12 aromatic carbocycles. The van der Waals surface area contributed by atoms with Crippen molar-refractivity contribution in [3.05, 3.63) is 182 Å². The molecule has 0 heterocycles. The van der Waals surface area contributed by atoms with E-state index in [1.165, 1.54) is 119 Å². The Bertz CT molecular complexity index is 3430. The van der Waals surface area contributed by atoms with E-state index < -0.39 is 0 Å². The molecule has 0 aliphatic carbocycles. The van der Waals surface area contributed by atoms with Crippen molar-refractivity contribution in [3.8, 4) is 22.3 Å². The normalized spacial score (nSPS) is 12.2. The van der Waals surface area contributed by atoms with Crippen LogP contribution in [0.15, 0.2) is 182 Å². The fourth-order valence-corrected chi connectivity index (χ4v) is 9.41. The predicted octanol–water partition coefficient (Wildman–Crippen LogP) is 14.8. The summed E-state index contributed by atoms with van der Waals surface area (Å²) in [4.78, 5) is 0. The monoisotopic (exact) mass is 654 g/mol.